The Bertz CT molecular complexity index is 3660. The molecule has 2 saturated carbocycles. The van der Waals surface area contributed by atoms with Crippen molar-refractivity contribution < 1.29 is 79.9 Å². The number of aromatic nitrogens is 2. The fraction of sp³-hybridized carbons (Fsp3) is 0.304. The van der Waals surface area contributed by atoms with Crippen molar-refractivity contribution in [2.45, 2.75) is 98.2 Å². The zero-order valence-corrected chi connectivity index (χ0v) is 54.8. The monoisotopic (exact) mass is 1460 g/mol. The summed E-state index contributed by atoms with van der Waals surface area (Å²) in [5.74, 6) is -2.74. The highest BCUT2D eigenvalue weighted by molar-refractivity contribution is 14.1. The Morgan fingerprint density at radius 3 is 1.12 bits per heavy atom. The smallest absolute Gasteiger partial charge is 0.341 e. The van der Waals surface area contributed by atoms with E-state index in [0.717, 1.165) is 0 Å². The van der Waals surface area contributed by atoms with Crippen LogP contribution in [0.15, 0.2) is 134 Å². The van der Waals surface area contributed by atoms with Crippen LogP contribution in [0.1, 0.15) is 82.6 Å². The minimum Gasteiger partial charge on any atom is -0.487 e. The van der Waals surface area contributed by atoms with Crippen LogP contribution >= 0.6 is 45.2 Å². The summed E-state index contributed by atoms with van der Waals surface area (Å²) in [5, 5.41) is 10.0. The molecular weight excluding hydrogens is 1390 g/mol. The van der Waals surface area contributed by atoms with E-state index in [1.165, 1.54) is 98.2 Å². The number of carbonyl (C=O) groups is 6. The molecule has 2 heterocycles. The number of hydrogen-bond donors (Lipinski definition) is 1. The average Bonchev–Trinajstić information content (AvgIpc) is 1.62. The number of benzene rings is 6. The van der Waals surface area contributed by atoms with Gasteiger partial charge < -0.3 is 33.5 Å². The molecule has 6 aromatic carbocycles. The van der Waals surface area contributed by atoms with E-state index in [2.05, 4.69) is 55.1 Å². The molecule has 0 radical (unpaired) electrons. The van der Waals surface area contributed by atoms with Gasteiger partial charge in [-0.05, 0) is 165 Å². The van der Waals surface area contributed by atoms with E-state index in [1.54, 1.807) is 56.3 Å². The fourth-order valence-electron chi connectivity index (χ4n) is 9.68. The molecule has 0 saturated heterocycles. The van der Waals surface area contributed by atoms with E-state index in [-0.39, 0.29) is 102 Å². The molecule has 2 aromatic heterocycles. The molecule has 472 valence electrons. The molecule has 15 nitrogen and oxygen atoms in total. The first-order chi connectivity index (χ1) is 43.1. The second kappa shape index (κ2) is 31.6. The summed E-state index contributed by atoms with van der Waals surface area (Å²) in [4.78, 5) is 87.3. The van der Waals surface area contributed by atoms with Gasteiger partial charge in [-0.3, -0.25) is 33.9 Å². The summed E-state index contributed by atoms with van der Waals surface area (Å²) >= 11 is 4.30. The van der Waals surface area contributed by atoms with E-state index in [4.69, 9.17) is 33.5 Å². The number of ether oxygens (including phenoxy) is 6. The highest BCUT2D eigenvalue weighted by Gasteiger charge is 2.55. The third-order valence-electron chi connectivity index (χ3n) is 14.4. The molecule has 0 amide bonds. The molecule has 10 rings (SSSR count). The van der Waals surface area contributed by atoms with Crippen LogP contribution in [-0.2, 0) is 54.5 Å². The summed E-state index contributed by atoms with van der Waals surface area (Å²) in [6.45, 7) is 8.05. The fourth-order valence-corrected chi connectivity index (χ4v) is 9.68. The van der Waals surface area contributed by atoms with Gasteiger partial charge in [0.25, 0.3) is 0 Å². The van der Waals surface area contributed by atoms with E-state index >= 15 is 8.78 Å². The third-order valence-corrected chi connectivity index (χ3v) is 14.4. The predicted octanol–water partition coefficient (Wildman–Crippen LogP) is 15.1. The van der Waals surface area contributed by atoms with Crippen molar-refractivity contribution in [1.82, 2.24) is 9.97 Å². The van der Waals surface area contributed by atoms with Crippen LogP contribution in [0.4, 0.5) is 17.6 Å². The van der Waals surface area contributed by atoms with Gasteiger partial charge in [0, 0.05) is 61.0 Å². The number of ketones is 5. The molecule has 2 aliphatic rings. The largest absolute Gasteiger partial charge is 0.487 e. The van der Waals surface area contributed by atoms with Gasteiger partial charge >= 0.3 is 5.97 Å². The van der Waals surface area contributed by atoms with E-state index in [1.807, 2.05) is 23.7 Å². The van der Waals surface area contributed by atoms with Crippen molar-refractivity contribution in [3.05, 3.63) is 179 Å². The first-order valence-electron chi connectivity index (χ1n) is 28.5. The summed E-state index contributed by atoms with van der Waals surface area (Å²) in [5.41, 5.74) is 0.861. The first-order valence-corrected chi connectivity index (χ1v) is 32.9. The number of hydrogen-bond acceptors (Lipinski definition) is 14. The van der Waals surface area contributed by atoms with E-state index < -0.39 is 46.7 Å². The summed E-state index contributed by atoms with van der Waals surface area (Å²) in [6, 6.07) is 29.3. The Morgan fingerprint density at radius 1 is 0.456 bits per heavy atom. The number of halogens is 6. The van der Waals surface area contributed by atoms with Crippen LogP contribution < -0.4 is 28.4 Å². The van der Waals surface area contributed by atoms with Gasteiger partial charge in [0.2, 0.25) is 0 Å². The number of Topliss-reactive ketones (excluding diaryl/α,β-unsaturated/α-hetero) is 5. The molecule has 8 aromatic rings. The van der Waals surface area contributed by atoms with Gasteiger partial charge in [-0.15, -0.1) is 0 Å². The quantitative estimate of drug-likeness (QED) is 0.0232. The summed E-state index contributed by atoms with van der Waals surface area (Å²) in [7, 11) is 0. The Labute approximate surface area is 545 Å². The summed E-state index contributed by atoms with van der Waals surface area (Å²) < 4.78 is 91.4. The van der Waals surface area contributed by atoms with Crippen molar-refractivity contribution in [1.29, 1.82) is 0 Å². The lowest BCUT2D eigenvalue weighted by Gasteiger charge is -2.17. The highest BCUT2D eigenvalue weighted by atomic mass is 127. The van der Waals surface area contributed by atoms with Crippen LogP contribution in [0.3, 0.4) is 0 Å². The highest BCUT2D eigenvalue weighted by Crippen LogP contribution is 2.50. The van der Waals surface area contributed by atoms with Crippen molar-refractivity contribution >= 4 is 102 Å². The van der Waals surface area contributed by atoms with Crippen LogP contribution in [0, 0.1) is 34.1 Å². The number of alkyl halides is 2. The van der Waals surface area contributed by atoms with Crippen LogP contribution in [-0.4, -0.2) is 85.2 Å². The number of nitrogens with zero attached hydrogens (tertiary/aromatic N) is 2. The van der Waals surface area contributed by atoms with Gasteiger partial charge in [0.05, 0.1) is 34.1 Å². The van der Waals surface area contributed by atoms with Crippen molar-refractivity contribution in [3.63, 3.8) is 0 Å². The zero-order chi connectivity index (χ0) is 65.5. The minimum absolute atomic E-state index is 0.0319. The van der Waals surface area contributed by atoms with Gasteiger partial charge in [-0.2, -0.15) is 0 Å². The number of pyridine rings is 2. The molecule has 0 spiro atoms. The lowest BCUT2D eigenvalue weighted by atomic mass is 9.88. The molecule has 2 fully saturated rings. The molecule has 90 heavy (non-hydrogen) atoms. The lowest BCUT2D eigenvalue weighted by Crippen LogP contribution is -2.28. The maximum Gasteiger partial charge on any atom is 0.341 e. The van der Waals surface area contributed by atoms with Gasteiger partial charge in [-0.25, -0.2) is 22.4 Å². The maximum atomic E-state index is 15.2. The Hall–Kier alpha value is -8.06. The molecule has 0 bridgehead atoms. The average molecular weight is 1460 g/mol. The molecule has 0 unspecified atom stereocenters. The van der Waals surface area contributed by atoms with Crippen molar-refractivity contribution in [3.8, 4) is 46.0 Å². The van der Waals surface area contributed by atoms with Crippen LogP contribution in [0.5, 0.6) is 46.0 Å². The Balaban J connectivity index is 0.000000243. The predicted molar refractivity (Wildman–Crippen MR) is 348 cm³/mol. The number of carbonyl (C=O) groups excluding carboxylic acids is 5. The van der Waals surface area contributed by atoms with E-state index in [0.29, 0.717) is 87.0 Å². The molecule has 21 heteroatoms. The van der Waals surface area contributed by atoms with Crippen LogP contribution in [0.25, 0.3) is 21.8 Å². The van der Waals surface area contributed by atoms with Gasteiger partial charge in [0.15, 0.2) is 81.7 Å². The normalized spacial score (nSPS) is 13.1. The first kappa shape index (κ1) is 69.4. The lowest BCUT2D eigenvalue weighted by molar-refractivity contribution is -0.139. The minimum atomic E-state index is -1.15. The molecule has 1 N–H and O–H groups in total. The zero-order valence-electron chi connectivity index (χ0n) is 50.4. The number of carboxylic acid groups (broad SMARTS) is 1. The number of aliphatic carboxylic acids is 1. The number of rotatable bonds is 26. The van der Waals surface area contributed by atoms with Gasteiger partial charge in [-0.1, -0.05) is 81.6 Å². The van der Waals surface area contributed by atoms with Crippen molar-refractivity contribution in [2.24, 2.45) is 10.8 Å². The van der Waals surface area contributed by atoms with Crippen LogP contribution in [0.2, 0.25) is 0 Å². The molecule has 2 aliphatic carbocycles. The van der Waals surface area contributed by atoms with Crippen molar-refractivity contribution in [2.75, 3.05) is 23.1 Å². The van der Waals surface area contributed by atoms with E-state index in [9.17, 15) is 37.5 Å². The standard InChI is InChI=1S/C34H31F2NO6.C33H29F2NO7.2CH3I/c1-20(2)42-31-17-25-27(18-30(31)41-19-21(3)38)37-13-10-28(25)43-29-9-6-23(14-26(29)36)16-33(40)34(11-12-34)32(39)15-22-4-7-24(35)8-5-22;1-19(2)42-29-16-23-25(17-28(29)41-18-32(39)40)36-12-9-26(23)43-27-8-5-21(13-24(27)35)15-31(38)33(10-11-33)30(37)14-20-3-6-22(34)7-4-20;2*1-2/h4-10,13-14,17-18,20H,11-12,15-16,19H2,1-3H3;3-9,12-13,16-17,19H,10-11,14-15,18H2,1-2H3,(H,39,40);2*1H3. The topological polar surface area (TPSA) is 204 Å². The Morgan fingerprint density at radius 2 is 0.800 bits per heavy atom. The second-order valence-electron chi connectivity index (χ2n) is 21.8. The second-order valence-corrected chi connectivity index (χ2v) is 21.8. The molecule has 0 atom stereocenters. The third kappa shape index (κ3) is 18.1. The Kier molecular flexibility index (Phi) is 24.4. The maximum absolute atomic E-state index is 15.2. The SMILES string of the molecule is CC(=O)COc1cc2nccc(Oc3ccc(CC(=O)C4(C(=O)Cc5ccc(F)cc5)CC4)cc3F)c2cc1OC(C)C.CC(C)Oc1cc2c(Oc3ccc(CC(=O)C4(C(=O)Cc5ccc(F)cc5)CC4)cc3F)ccnc2cc1OCC(=O)O.CI.CI. The number of fused-ring (bicyclic) bond motifs is 2. The summed E-state index contributed by atoms with van der Waals surface area (Å²) in [6.07, 6.45) is 4.21. The molecule has 0 aliphatic heterocycles. The molecular formula is C69H66F4I2N2O13. The van der Waals surface area contributed by atoms with Gasteiger partial charge in [0.1, 0.15) is 29.7 Å². The number of carboxylic acids is 1.